The summed E-state index contributed by atoms with van der Waals surface area (Å²) in [5.74, 6) is -0.531. The number of rotatable bonds is 3. The number of amides is 1. The molecule has 0 bridgehead atoms. The van der Waals surface area contributed by atoms with Gasteiger partial charge in [-0.2, -0.15) is 5.26 Å². The first kappa shape index (κ1) is 14.3. The third-order valence-electron chi connectivity index (χ3n) is 2.84. The maximum atomic E-state index is 13.0. The predicted molar refractivity (Wildman–Crippen MR) is 76.5 cm³/mol. The summed E-state index contributed by atoms with van der Waals surface area (Å²) in [6.07, 6.45) is 0. The van der Waals surface area contributed by atoms with Crippen LogP contribution in [0, 0.1) is 17.1 Å². The number of nitrogens with zero attached hydrogens (tertiary/aromatic N) is 1. The van der Waals surface area contributed by atoms with Gasteiger partial charge in [-0.05, 0) is 36.4 Å². The van der Waals surface area contributed by atoms with Crippen LogP contribution in [-0.4, -0.2) is 13.0 Å². The standard InChI is InChI=1S/C15H12FN3O2/c1-21-14-5-2-9(7-12(14)18)15(20)19-13-4-3-11(16)6-10(13)8-17/h2-7H,18H2,1H3,(H,19,20). The number of methoxy groups -OCH3 is 1. The molecule has 0 heterocycles. The zero-order valence-electron chi connectivity index (χ0n) is 11.2. The molecule has 1 amide bonds. The number of carbonyl (C=O) groups excluding carboxylic acids is 1. The number of hydrogen-bond donors (Lipinski definition) is 2. The summed E-state index contributed by atoms with van der Waals surface area (Å²) in [4.78, 5) is 12.1. The fourth-order valence-electron chi connectivity index (χ4n) is 1.79. The number of carbonyl (C=O) groups is 1. The third-order valence-corrected chi connectivity index (χ3v) is 2.84. The minimum absolute atomic E-state index is 0.0461. The molecule has 2 aromatic carbocycles. The minimum atomic E-state index is -0.543. The van der Waals surface area contributed by atoms with E-state index in [0.29, 0.717) is 17.0 Å². The molecule has 21 heavy (non-hydrogen) atoms. The van der Waals surface area contributed by atoms with Crippen LogP contribution in [0.5, 0.6) is 5.75 Å². The Morgan fingerprint density at radius 1 is 1.33 bits per heavy atom. The summed E-state index contributed by atoms with van der Waals surface area (Å²) in [5, 5.41) is 11.5. The molecule has 2 aromatic rings. The molecule has 0 spiro atoms. The van der Waals surface area contributed by atoms with Crippen LogP contribution < -0.4 is 15.8 Å². The molecule has 0 unspecified atom stereocenters. The van der Waals surface area contributed by atoms with Gasteiger partial charge in [0.2, 0.25) is 0 Å². The Balaban J connectivity index is 2.26. The predicted octanol–water partition coefficient (Wildman–Crippen LogP) is 2.54. The van der Waals surface area contributed by atoms with Crippen molar-refractivity contribution in [2.75, 3.05) is 18.2 Å². The minimum Gasteiger partial charge on any atom is -0.495 e. The van der Waals surface area contributed by atoms with Gasteiger partial charge in [0, 0.05) is 5.56 Å². The molecular formula is C15H12FN3O2. The molecule has 0 saturated carbocycles. The van der Waals surface area contributed by atoms with Crippen molar-refractivity contribution in [3.63, 3.8) is 0 Å². The van der Waals surface area contributed by atoms with Crippen LogP contribution in [0.4, 0.5) is 15.8 Å². The second kappa shape index (κ2) is 5.92. The van der Waals surface area contributed by atoms with E-state index in [0.717, 1.165) is 6.07 Å². The highest BCUT2D eigenvalue weighted by atomic mass is 19.1. The van der Waals surface area contributed by atoms with Crippen molar-refractivity contribution in [2.24, 2.45) is 0 Å². The van der Waals surface area contributed by atoms with E-state index in [1.165, 1.54) is 25.3 Å². The van der Waals surface area contributed by atoms with Gasteiger partial charge in [-0.15, -0.1) is 0 Å². The first-order chi connectivity index (χ1) is 10.0. The number of halogens is 1. The number of ether oxygens (including phenoxy) is 1. The highest BCUT2D eigenvalue weighted by Gasteiger charge is 2.11. The Morgan fingerprint density at radius 3 is 2.71 bits per heavy atom. The lowest BCUT2D eigenvalue weighted by Crippen LogP contribution is -2.13. The smallest absolute Gasteiger partial charge is 0.255 e. The van der Waals surface area contributed by atoms with Gasteiger partial charge in [0.15, 0.2) is 0 Å². The average molecular weight is 285 g/mol. The van der Waals surface area contributed by atoms with Crippen LogP contribution >= 0.6 is 0 Å². The Hall–Kier alpha value is -3.07. The van der Waals surface area contributed by atoms with E-state index in [2.05, 4.69) is 5.32 Å². The van der Waals surface area contributed by atoms with Gasteiger partial charge in [-0.1, -0.05) is 0 Å². The van der Waals surface area contributed by atoms with Crippen LogP contribution in [0.2, 0.25) is 0 Å². The second-order valence-corrected chi connectivity index (χ2v) is 4.21. The Labute approximate surface area is 120 Å². The lowest BCUT2D eigenvalue weighted by atomic mass is 10.1. The van der Waals surface area contributed by atoms with Gasteiger partial charge in [-0.25, -0.2) is 4.39 Å². The number of nitrogens with one attached hydrogen (secondary N) is 1. The Kier molecular flexibility index (Phi) is 4.05. The van der Waals surface area contributed by atoms with Gasteiger partial charge >= 0.3 is 0 Å². The zero-order chi connectivity index (χ0) is 15.4. The number of benzene rings is 2. The van der Waals surface area contributed by atoms with E-state index in [1.807, 2.05) is 6.07 Å². The van der Waals surface area contributed by atoms with Gasteiger partial charge in [-0.3, -0.25) is 4.79 Å². The van der Waals surface area contributed by atoms with Crippen molar-refractivity contribution in [1.29, 1.82) is 5.26 Å². The van der Waals surface area contributed by atoms with Crippen molar-refractivity contribution >= 4 is 17.3 Å². The first-order valence-electron chi connectivity index (χ1n) is 5.99. The third kappa shape index (κ3) is 3.09. The number of anilines is 2. The molecule has 0 aromatic heterocycles. The first-order valence-corrected chi connectivity index (χ1v) is 5.99. The fourth-order valence-corrected chi connectivity index (χ4v) is 1.79. The van der Waals surface area contributed by atoms with E-state index in [-0.39, 0.29) is 11.3 Å². The van der Waals surface area contributed by atoms with Gasteiger partial charge in [0.05, 0.1) is 24.0 Å². The molecule has 0 aliphatic carbocycles. The highest BCUT2D eigenvalue weighted by molar-refractivity contribution is 6.05. The second-order valence-electron chi connectivity index (χ2n) is 4.21. The van der Waals surface area contributed by atoms with Crippen molar-refractivity contribution < 1.29 is 13.9 Å². The molecule has 0 atom stereocenters. The molecule has 2 rings (SSSR count). The summed E-state index contributed by atoms with van der Waals surface area (Å²) in [6, 6.07) is 9.95. The van der Waals surface area contributed by atoms with E-state index in [9.17, 15) is 9.18 Å². The summed E-state index contributed by atoms with van der Waals surface area (Å²) >= 11 is 0. The maximum Gasteiger partial charge on any atom is 0.255 e. The number of nitrogen functional groups attached to an aromatic ring is 1. The molecule has 0 aliphatic rings. The Bertz CT molecular complexity index is 738. The molecule has 0 radical (unpaired) electrons. The molecule has 0 saturated heterocycles. The van der Waals surface area contributed by atoms with Crippen molar-refractivity contribution in [1.82, 2.24) is 0 Å². The number of nitriles is 1. The maximum absolute atomic E-state index is 13.0. The van der Waals surface area contributed by atoms with Gasteiger partial charge < -0.3 is 15.8 Å². The van der Waals surface area contributed by atoms with E-state index in [1.54, 1.807) is 12.1 Å². The quantitative estimate of drug-likeness (QED) is 0.848. The average Bonchev–Trinajstić information content (AvgIpc) is 2.48. The van der Waals surface area contributed by atoms with Crippen LogP contribution in [0.3, 0.4) is 0 Å². The van der Waals surface area contributed by atoms with E-state index >= 15 is 0 Å². The van der Waals surface area contributed by atoms with Crippen LogP contribution in [0.15, 0.2) is 36.4 Å². The summed E-state index contributed by atoms with van der Waals surface area (Å²) in [5.41, 5.74) is 6.64. The molecule has 6 heteroatoms. The lowest BCUT2D eigenvalue weighted by molar-refractivity contribution is 0.102. The normalized spacial score (nSPS) is 9.76. The number of nitrogens with two attached hydrogens (primary N) is 1. The molecule has 3 N–H and O–H groups in total. The van der Waals surface area contributed by atoms with Crippen LogP contribution in [0.1, 0.15) is 15.9 Å². The van der Waals surface area contributed by atoms with Crippen molar-refractivity contribution in [3.8, 4) is 11.8 Å². The van der Waals surface area contributed by atoms with E-state index < -0.39 is 11.7 Å². The molecule has 0 fully saturated rings. The fraction of sp³-hybridized carbons (Fsp3) is 0.0667. The SMILES string of the molecule is COc1ccc(C(=O)Nc2ccc(F)cc2C#N)cc1N. The summed E-state index contributed by atoms with van der Waals surface area (Å²) in [6.45, 7) is 0. The number of hydrogen-bond acceptors (Lipinski definition) is 4. The lowest BCUT2D eigenvalue weighted by Gasteiger charge is -2.09. The van der Waals surface area contributed by atoms with Crippen molar-refractivity contribution in [3.05, 3.63) is 53.3 Å². The van der Waals surface area contributed by atoms with Gasteiger partial charge in [0.25, 0.3) is 5.91 Å². The largest absolute Gasteiger partial charge is 0.495 e. The molecule has 5 nitrogen and oxygen atoms in total. The summed E-state index contributed by atoms with van der Waals surface area (Å²) in [7, 11) is 1.48. The van der Waals surface area contributed by atoms with Gasteiger partial charge in [0.1, 0.15) is 17.6 Å². The molecular weight excluding hydrogens is 273 g/mol. The van der Waals surface area contributed by atoms with Crippen LogP contribution in [0.25, 0.3) is 0 Å². The van der Waals surface area contributed by atoms with E-state index in [4.69, 9.17) is 15.7 Å². The molecule has 106 valence electrons. The van der Waals surface area contributed by atoms with Crippen molar-refractivity contribution in [2.45, 2.75) is 0 Å². The Morgan fingerprint density at radius 2 is 2.10 bits per heavy atom. The zero-order valence-corrected chi connectivity index (χ0v) is 11.2. The topological polar surface area (TPSA) is 88.1 Å². The summed E-state index contributed by atoms with van der Waals surface area (Å²) < 4.78 is 18.0. The monoisotopic (exact) mass is 285 g/mol. The molecule has 0 aliphatic heterocycles. The van der Waals surface area contributed by atoms with Crippen LogP contribution in [-0.2, 0) is 0 Å². The highest BCUT2D eigenvalue weighted by Crippen LogP contribution is 2.23.